The monoisotopic (exact) mass is 485 g/mol. The Morgan fingerprint density at radius 3 is 2.80 bits per heavy atom. The number of carbonyl (C=O) groups excluding carboxylic acids is 2. The maximum absolute atomic E-state index is 12.3. The summed E-state index contributed by atoms with van der Waals surface area (Å²) in [7, 11) is 0. The lowest BCUT2D eigenvalue weighted by Gasteiger charge is -2.26. The molecule has 0 saturated heterocycles. The zero-order chi connectivity index (χ0) is 21.1. The van der Waals surface area contributed by atoms with Gasteiger partial charge in [-0.3, -0.25) is 9.59 Å². The number of hydrogen-bond donors (Lipinski definition) is 2. The first-order valence-corrected chi connectivity index (χ1v) is 11.2. The lowest BCUT2D eigenvalue weighted by Crippen LogP contribution is -2.30. The average molecular weight is 486 g/mol. The fourth-order valence-corrected chi connectivity index (χ4v) is 4.36. The summed E-state index contributed by atoms with van der Waals surface area (Å²) >= 11 is 4.77. The smallest absolute Gasteiger partial charge is 0.230 e. The van der Waals surface area contributed by atoms with E-state index in [2.05, 4.69) is 31.5 Å². The Morgan fingerprint density at radius 1 is 1.23 bits per heavy atom. The fourth-order valence-electron chi connectivity index (χ4n) is 3.36. The van der Waals surface area contributed by atoms with Crippen molar-refractivity contribution in [3.05, 3.63) is 63.4 Å². The first-order valence-electron chi connectivity index (χ1n) is 9.52. The second-order valence-corrected chi connectivity index (χ2v) is 8.81. The highest BCUT2D eigenvalue weighted by Crippen LogP contribution is 2.36. The summed E-state index contributed by atoms with van der Waals surface area (Å²) in [4.78, 5) is 28.4. The summed E-state index contributed by atoms with van der Waals surface area (Å²) < 4.78 is 6.70. The van der Waals surface area contributed by atoms with Crippen LogP contribution in [0, 0.1) is 0 Å². The second kappa shape index (κ2) is 8.97. The van der Waals surface area contributed by atoms with Gasteiger partial charge in [0, 0.05) is 34.3 Å². The number of halogens is 1. The molecule has 0 spiro atoms. The van der Waals surface area contributed by atoms with Crippen molar-refractivity contribution in [2.45, 2.75) is 25.8 Å². The molecule has 2 amide bonds. The van der Waals surface area contributed by atoms with Crippen molar-refractivity contribution in [3.63, 3.8) is 0 Å². The highest BCUT2D eigenvalue weighted by atomic mass is 79.9. The topological polar surface area (TPSA) is 80.3 Å². The minimum atomic E-state index is -0.109. The molecule has 3 aromatic rings. The molecular formula is C22H20BrN3O3S. The Morgan fingerprint density at radius 2 is 2.03 bits per heavy atom. The van der Waals surface area contributed by atoms with Crippen molar-refractivity contribution in [1.82, 2.24) is 10.3 Å². The van der Waals surface area contributed by atoms with Crippen molar-refractivity contribution < 1.29 is 14.3 Å². The van der Waals surface area contributed by atoms with Gasteiger partial charge in [0.2, 0.25) is 11.8 Å². The lowest BCUT2D eigenvalue weighted by atomic mass is 9.97. The molecule has 0 saturated carbocycles. The highest BCUT2D eigenvalue weighted by Gasteiger charge is 2.23. The quantitative estimate of drug-likeness (QED) is 0.548. The Hall–Kier alpha value is -2.71. The molecule has 2 N–H and O–H groups in total. The van der Waals surface area contributed by atoms with Crippen LogP contribution < -0.4 is 15.4 Å². The lowest BCUT2D eigenvalue weighted by molar-refractivity contribution is -0.120. The molecule has 6 nitrogen and oxygen atoms in total. The molecule has 154 valence electrons. The number of carbonyl (C=O) groups is 2. The number of hydrogen-bond acceptors (Lipinski definition) is 5. The van der Waals surface area contributed by atoms with Gasteiger partial charge in [-0.2, -0.15) is 0 Å². The predicted molar refractivity (Wildman–Crippen MR) is 121 cm³/mol. The van der Waals surface area contributed by atoms with Crippen molar-refractivity contribution >= 4 is 44.2 Å². The van der Waals surface area contributed by atoms with Crippen molar-refractivity contribution in [3.8, 4) is 17.0 Å². The molecular weight excluding hydrogens is 466 g/mol. The summed E-state index contributed by atoms with van der Waals surface area (Å²) in [6, 6.07) is 13.4. The third-order valence-corrected chi connectivity index (χ3v) is 6.04. The molecule has 0 radical (unpaired) electrons. The van der Waals surface area contributed by atoms with Crippen LogP contribution in [0.25, 0.3) is 11.3 Å². The van der Waals surface area contributed by atoms with Gasteiger partial charge in [-0.05, 0) is 35.9 Å². The number of anilines is 1. The van der Waals surface area contributed by atoms with Crippen molar-refractivity contribution in [2.24, 2.45) is 0 Å². The van der Waals surface area contributed by atoms with Crippen LogP contribution in [-0.4, -0.2) is 23.4 Å². The first kappa shape index (κ1) is 20.6. The van der Waals surface area contributed by atoms with Gasteiger partial charge in [0.1, 0.15) is 5.75 Å². The Balaban J connectivity index is 1.48. The van der Waals surface area contributed by atoms with E-state index in [1.165, 1.54) is 18.3 Å². The van der Waals surface area contributed by atoms with E-state index in [0.717, 1.165) is 39.0 Å². The van der Waals surface area contributed by atoms with E-state index in [9.17, 15) is 9.59 Å². The predicted octanol–water partition coefficient (Wildman–Crippen LogP) is 4.71. The molecule has 2 aromatic carbocycles. The van der Waals surface area contributed by atoms with Gasteiger partial charge in [0.25, 0.3) is 0 Å². The summed E-state index contributed by atoms with van der Waals surface area (Å²) in [5.41, 5.74) is 3.57. The van der Waals surface area contributed by atoms with E-state index in [1.54, 1.807) is 0 Å². The molecule has 0 aliphatic carbocycles. The number of fused-ring (bicyclic) bond motifs is 1. The average Bonchev–Trinajstić information content (AvgIpc) is 3.17. The second-order valence-electron chi connectivity index (χ2n) is 7.03. The van der Waals surface area contributed by atoms with Gasteiger partial charge in [-0.1, -0.05) is 28.1 Å². The Bertz CT molecular complexity index is 1080. The molecule has 1 unspecified atom stereocenters. The number of benzene rings is 2. The van der Waals surface area contributed by atoms with Crippen LogP contribution in [0.3, 0.4) is 0 Å². The number of thiazole rings is 1. The van der Waals surface area contributed by atoms with E-state index in [0.29, 0.717) is 11.7 Å². The summed E-state index contributed by atoms with van der Waals surface area (Å²) in [5, 5.41) is 8.31. The highest BCUT2D eigenvalue weighted by molar-refractivity contribution is 9.10. The number of nitrogens with one attached hydrogen (secondary N) is 2. The van der Waals surface area contributed by atoms with Crippen LogP contribution in [-0.2, 0) is 16.0 Å². The van der Waals surface area contributed by atoms with E-state index in [-0.39, 0.29) is 24.3 Å². The summed E-state index contributed by atoms with van der Waals surface area (Å²) in [6.45, 7) is 2.09. The Labute approximate surface area is 186 Å². The zero-order valence-corrected chi connectivity index (χ0v) is 18.7. The number of aromatic nitrogens is 1. The molecule has 1 aliphatic heterocycles. The minimum Gasteiger partial charge on any atom is -0.493 e. The van der Waals surface area contributed by atoms with Crippen LogP contribution in [0.4, 0.5) is 5.13 Å². The van der Waals surface area contributed by atoms with Gasteiger partial charge in [0.15, 0.2) is 5.13 Å². The van der Waals surface area contributed by atoms with Crippen LogP contribution >= 0.6 is 27.3 Å². The van der Waals surface area contributed by atoms with Gasteiger partial charge in [0.05, 0.1) is 24.8 Å². The minimum absolute atomic E-state index is 0.0670. The molecule has 30 heavy (non-hydrogen) atoms. The SMILES string of the molecule is CC(=O)NC1CCOc2ccc(-c3csc(NC(=O)Cc4ccc(Br)cc4)n3)cc21. The fraction of sp³-hybridized carbons (Fsp3) is 0.227. The van der Waals surface area contributed by atoms with E-state index in [4.69, 9.17) is 4.74 Å². The molecule has 1 atom stereocenters. The molecule has 2 heterocycles. The van der Waals surface area contributed by atoms with E-state index in [1.807, 2.05) is 47.8 Å². The normalized spacial score (nSPS) is 15.1. The maximum Gasteiger partial charge on any atom is 0.230 e. The molecule has 0 bridgehead atoms. The number of nitrogens with zero attached hydrogens (tertiary/aromatic N) is 1. The Kier molecular flexibility index (Phi) is 6.15. The number of rotatable bonds is 5. The summed E-state index contributed by atoms with van der Waals surface area (Å²) in [6.07, 6.45) is 1.02. The third-order valence-electron chi connectivity index (χ3n) is 4.75. The molecule has 0 fully saturated rings. The molecule has 8 heteroatoms. The van der Waals surface area contributed by atoms with Crippen molar-refractivity contribution in [1.29, 1.82) is 0 Å². The molecule has 1 aliphatic rings. The van der Waals surface area contributed by atoms with Gasteiger partial charge in [-0.15, -0.1) is 11.3 Å². The number of amides is 2. The largest absolute Gasteiger partial charge is 0.493 e. The molecule has 4 rings (SSSR count). The van der Waals surface area contributed by atoms with Crippen LogP contribution in [0.1, 0.15) is 30.5 Å². The molecule has 1 aromatic heterocycles. The van der Waals surface area contributed by atoms with Crippen LogP contribution in [0.5, 0.6) is 5.75 Å². The van der Waals surface area contributed by atoms with Gasteiger partial charge >= 0.3 is 0 Å². The van der Waals surface area contributed by atoms with Crippen LogP contribution in [0.2, 0.25) is 0 Å². The number of ether oxygens (including phenoxy) is 1. The van der Waals surface area contributed by atoms with Gasteiger partial charge < -0.3 is 15.4 Å². The van der Waals surface area contributed by atoms with Crippen LogP contribution in [0.15, 0.2) is 52.3 Å². The van der Waals surface area contributed by atoms with E-state index >= 15 is 0 Å². The standard InChI is InChI=1S/C22H20BrN3O3S/c1-13(27)24-18-8-9-29-20-7-4-15(11-17(18)20)19-12-30-22(25-19)26-21(28)10-14-2-5-16(23)6-3-14/h2-7,11-12,18H,8-10H2,1H3,(H,24,27)(H,25,26,28). The van der Waals surface area contributed by atoms with E-state index < -0.39 is 0 Å². The third kappa shape index (κ3) is 4.88. The van der Waals surface area contributed by atoms with Crippen molar-refractivity contribution in [2.75, 3.05) is 11.9 Å². The summed E-state index contributed by atoms with van der Waals surface area (Å²) in [5.74, 6) is 0.604. The first-order chi connectivity index (χ1) is 14.5. The maximum atomic E-state index is 12.3. The van der Waals surface area contributed by atoms with Gasteiger partial charge in [-0.25, -0.2) is 4.98 Å². The zero-order valence-electron chi connectivity index (χ0n) is 16.3.